The molecule has 1 unspecified atom stereocenters. The van der Waals surface area contributed by atoms with E-state index in [1.54, 1.807) is 18.2 Å². The van der Waals surface area contributed by atoms with Crippen LogP contribution >= 0.6 is 15.9 Å². The van der Waals surface area contributed by atoms with Crippen molar-refractivity contribution in [2.75, 3.05) is 19.9 Å². The van der Waals surface area contributed by atoms with E-state index in [1.165, 1.54) is 0 Å². The molecule has 0 fully saturated rings. The molecule has 1 aliphatic heterocycles. The maximum absolute atomic E-state index is 12.0. The minimum absolute atomic E-state index is 0.188. The lowest BCUT2D eigenvalue weighted by Crippen LogP contribution is -2.41. The van der Waals surface area contributed by atoms with Crippen molar-refractivity contribution >= 4 is 27.9 Å². The Bertz CT molecular complexity index is 843. The van der Waals surface area contributed by atoms with E-state index < -0.39 is 0 Å². The molecule has 1 atom stereocenters. The summed E-state index contributed by atoms with van der Waals surface area (Å²) >= 11 is 3.33. The van der Waals surface area contributed by atoms with Crippen LogP contribution in [0.3, 0.4) is 0 Å². The molecule has 142 valence electrons. The van der Waals surface area contributed by atoms with Gasteiger partial charge in [-0.3, -0.25) is 4.79 Å². The molecule has 3 N–H and O–H groups in total. The highest BCUT2D eigenvalue weighted by molar-refractivity contribution is 9.10. The molecule has 0 aliphatic carbocycles. The standard InChI is InChI=1S/C19H20BrN3O4/c1-12(13-5-6-16-17(10-13)27-11-26-16)23-19(25)22-8-7-21-18(24)14-3-2-4-15(20)9-14/h2-6,9-10,12H,7-8,11H2,1H3,(H,21,24)(H2,22,23,25). The summed E-state index contributed by atoms with van der Waals surface area (Å²) in [6.07, 6.45) is 0. The van der Waals surface area contributed by atoms with E-state index in [2.05, 4.69) is 31.9 Å². The normalized spacial score (nSPS) is 13.0. The molecule has 7 nitrogen and oxygen atoms in total. The zero-order chi connectivity index (χ0) is 19.2. The summed E-state index contributed by atoms with van der Waals surface area (Å²) in [5.41, 5.74) is 1.47. The third-order valence-corrected chi connectivity index (χ3v) is 4.52. The molecule has 0 aromatic heterocycles. The first-order chi connectivity index (χ1) is 13.0. The predicted molar refractivity (Wildman–Crippen MR) is 104 cm³/mol. The first kappa shape index (κ1) is 19.0. The molecule has 0 saturated heterocycles. The quantitative estimate of drug-likeness (QED) is 0.610. The molecule has 8 heteroatoms. The monoisotopic (exact) mass is 433 g/mol. The third kappa shape index (κ3) is 5.13. The fourth-order valence-electron chi connectivity index (χ4n) is 2.60. The van der Waals surface area contributed by atoms with Crippen LogP contribution in [0.25, 0.3) is 0 Å². The number of fused-ring (bicyclic) bond motifs is 1. The Kier molecular flexibility index (Phi) is 6.18. The number of halogens is 1. The van der Waals surface area contributed by atoms with Crippen molar-refractivity contribution < 1.29 is 19.1 Å². The molecular formula is C19H20BrN3O4. The lowest BCUT2D eigenvalue weighted by Gasteiger charge is -2.15. The summed E-state index contributed by atoms with van der Waals surface area (Å²) in [7, 11) is 0. The first-order valence-corrected chi connectivity index (χ1v) is 9.30. The maximum Gasteiger partial charge on any atom is 0.315 e. The van der Waals surface area contributed by atoms with Crippen LogP contribution < -0.4 is 25.4 Å². The summed E-state index contributed by atoms with van der Waals surface area (Å²) in [6.45, 7) is 2.75. The first-order valence-electron chi connectivity index (χ1n) is 8.50. The third-order valence-electron chi connectivity index (χ3n) is 4.03. The number of rotatable bonds is 6. The number of hydrogen-bond donors (Lipinski definition) is 3. The summed E-state index contributed by atoms with van der Waals surface area (Å²) < 4.78 is 11.5. The molecule has 3 rings (SSSR count). The molecule has 27 heavy (non-hydrogen) atoms. The highest BCUT2D eigenvalue weighted by Crippen LogP contribution is 2.34. The van der Waals surface area contributed by atoms with Crippen LogP contribution in [0.5, 0.6) is 11.5 Å². The predicted octanol–water partition coefficient (Wildman–Crippen LogP) is 2.97. The van der Waals surface area contributed by atoms with Crippen molar-refractivity contribution in [2.45, 2.75) is 13.0 Å². The van der Waals surface area contributed by atoms with Crippen molar-refractivity contribution in [2.24, 2.45) is 0 Å². The second kappa shape index (κ2) is 8.77. The molecular weight excluding hydrogens is 414 g/mol. The second-order valence-electron chi connectivity index (χ2n) is 6.00. The van der Waals surface area contributed by atoms with E-state index in [1.807, 2.05) is 31.2 Å². The molecule has 2 aromatic rings. The zero-order valence-corrected chi connectivity index (χ0v) is 16.3. The molecule has 0 spiro atoms. The number of nitrogens with one attached hydrogen (secondary N) is 3. The lowest BCUT2D eigenvalue weighted by molar-refractivity contribution is 0.0953. The van der Waals surface area contributed by atoms with Gasteiger partial charge < -0.3 is 25.4 Å². The van der Waals surface area contributed by atoms with E-state index in [-0.39, 0.29) is 24.8 Å². The lowest BCUT2D eigenvalue weighted by atomic mass is 10.1. The highest BCUT2D eigenvalue weighted by atomic mass is 79.9. The minimum Gasteiger partial charge on any atom is -0.454 e. The Morgan fingerprint density at radius 1 is 1.07 bits per heavy atom. The van der Waals surface area contributed by atoms with Gasteiger partial charge in [0, 0.05) is 23.1 Å². The van der Waals surface area contributed by atoms with Crippen LogP contribution in [-0.4, -0.2) is 31.8 Å². The summed E-state index contributed by atoms with van der Waals surface area (Å²) in [5.74, 6) is 1.20. The van der Waals surface area contributed by atoms with Gasteiger partial charge in [-0.25, -0.2) is 4.79 Å². The second-order valence-corrected chi connectivity index (χ2v) is 6.92. The van der Waals surface area contributed by atoms with Crippen LogP contribution in [0.15, 0.2) is 46.9 Å². The number of benzene rings is 2. The largest absolute Gasteiger partial charge is 0.454 e. The molecule has 1 heterocycles. The van der Waals surface area contributed by atoms with Crippen molar-refractivity contribution in [3.8, 4) is 11.5 Å². The average Bonchev–Trinajstić information content (AvgIpc) is 3.12. The molecule has 0 radical (unpaired) electrons. The number of ether oxygens (including phenoxy) is 2. The van der Waals surface area contributed by atoms with Crippen molar-refractivity contribution in [1.29, 1.82) is 0 Å². The van der Waals surface area contributed by atoms with E-state index in [0.29, 0.717) is 30.2 Å². The van der Waals surface area contributed by atoms with Gasteiger partial charge in [-0.05, 0) is 42.8 Å². The topological polar surface area (TPSA) is 88.7 Å². The number of hydrogen-bond acceptors (Lipinski definition) is 4. The highest BCUT2D eigenvalue weighted by Gasteiger charge is 2.16. The number of carbonyl (C=O) groups excluding carboxylic acids is 2. The van der Waals surface area contributed by atoms with Gasteiger partial charge >= 0.3 is 6.03 Å². The van der Waals surface area contributed by atoms with Crippen molar-refractivity contribution in [1.82, 2.24) is 16.0 Å². The Labute approximate surface area is 165 Å². The van der Waals surface area contributed by atoms with Crippen LogP contribution in [0.2, 0.25) is 0 Å². The average molecular weight is 434 g/mol. The van der Waals surface area contributed by atoms with Crippen LogP contribution in [0.1, 0.15) is 28.9 Å². The molecule has 3 amide bonds. The van der Waals surface area contributed by atoms with E-state index >= 15 is 0 Å². The molecule has 2 aromatic carbocycles. The Morgan fingerprint density at radius 3 is 2.67 bits per heavy atom. The fourth-order valence-corrected chi connectivity index (χ4v) is 3.00. The number of urea groups is 1. The maximum atomic E-state index is 12.0. The van der Waals surface area contributed by atoms with Gasteiger partial charge in [-0.1, -0.05) is 28.1 Å². The van der Waals surface area contributed by atoms with Crippen LogP contribution in [0, 0.1) is 0 Å². The van der Waals surface area contributed by atoms with Crippen LogP contribution in [0.4, 0.5) is 4.79 Å². The summed E-state index contributed by atoms with van der Waals surface area (Å²) in [5, 5.41) is 8.34. The van der Waals surface area contributed by atoms with Gasteiger partial charge in [0.15, 0.2) is 11.5 Å². The molecule has 0 saturated carbocycles. The number of amides is 3. The van der Waals surface area contributed by atoms with Gasteiger partial charge in [0.05, 0.1) is 6.04 Å². The molecule has 1 aliphatic rings. The fraction of sp³-hybridized carbons (Fsp3) is 0.263. The molecule has 0 bridgehead atoms. The van der Waals surface area contributed by atoms with Gasteiger partial charge in [0.1, 0.15) is 0 Å². The SMILES string of the molecule is CC(NC(=O)NCCNC(=O)c1cccc(Br)c1)c1ccc2c(c1)OCO2. The summed E-state index contributed by atoms with van der Waals surface area (Å²) in [4.78, 5) is 24.0. The van der Waals surface area contributed by atoms with Crippen LogP contribution in [-0.2, 0) is 0 Å². The van der Waals surface area contributed by atoms with Gasteiger partial charge in [0.2, 0.25) is 6.79 Å². The van der Waals surface area contributed by atoms with Gasteiger partial charge in [-0.15, -0.1) is 0 Å². The van der Waals surface area contributed by atoms with Crippen molar-refractivity contribution in [3.63, 3.8) is 0 Å². The minimum atomic E-state index is -0.308. The summed E-state index contributed by atoms with van der Waals surface area (Å²) in [6, 6.07) is 12.2. The van der Waals surface area contributed by atoms with E-state index in [9.17, 15) is 9.59 Å². The smallest absolute Gasteiger partial charge is 0.315 e. The van der Waals surface area contributed by atoms with E-state index in [0.717, 1.165) is 10.0 Å². The van der Waals surface area contributed by atoms with Crippen molar-refractivity contribution in [3.05, 3.63) is 58.1 Å². The van der Waals surface area contributed by atoms with Gasteiger partial charge in [-0.2, -0.15) is 0 Å². The zero-order valence-electron chi connectivity index (χ0n) is 14.8. The Hall–Kier alpha value is -2.74. The Balaban J connectivity index is 1.40. The number of carbonyl (C=O) groups is 2. The van der Waals surface area contributed by atoms with Gasteiger partial charge in [0.25, 0.3) is 5.91 Å². The van der Waals surface area contributed by atoms with E-state index in [4.69, 9.17) is 9.47 Å². The Morgan fingerprint density at radius 2 is 1.85 bits per heavy atom.